The van der Waals surface area contributed by atoms with E-state index in [1.165, 1.54) is 24.8 Å². The number of benzene rings is 3. The number of amides is 1. The van der Waals surface area contributed by atoms with Crippen molar-refractivity contribution in [3.8, 4) is 0 Å². The number of unbranched alkanes of at least 4 members (excludes halogenated alkanes) is 2. The van der Waals surface area contributed by atoms with Crippen LogP contribution in [0.2, 0.25) is 0 Å². The van der Waals surface area contributed by atoms with Crippen LogP contribution in [0.1, 0.15) is 42.1 Å². The van der Waals surface area contributed by atoms with Crippen molar-refractivity contribution in [3.63, 3.8) is 0 Å². The lowest BCUT2D eigenvalue weighted by Crippen LogP contribution is -2.12. The molecule has 0 bridgehead atoms. The molecule has 0 atom stereocenters. The number of carbonyl (C=O) groups excluding carboxylic acids is 1. The maximum atomic E-state index is 12.6. The van der Waals surface area contributed by atoms with Crippen LogP contribution in [0, 0.1) is 0 Å². The highest BCUT2D eigenvalue weighted by Crippen LogP contribution is 2.20. The van der Waals surface area contributed by atoms with Crippen molar-refractivity contribution in [2.45, 2.75) is 32.6 Å². The summed E-state index contributed by atoms with van der Waals surface area (Å²) in [6.45, 7) is 2.21. The van der Waals surface area contributed by atoms with E-state index >= 15 is 0 Å². The molecule has 0 aliphatic carbocycles. The molecule has 3 aromatic carbocycles. The molecule has 0 aromatic heterocycles. The summed E-state index contributed by atoms with van der Waals surface area (Å²) in [6, 6.07) is 22.0. The first-order chi connectivity index (χ1) is 11.8. The number of hydrogen-bond donors (Lipinski definition) is 1. The molecule has 122 valence electrons. The van der Waals surface area contributed by atoms with Crippen LogP contribution >= 0.6 is 0 Å². The van der Waals surface area contributed by atoms with E-state index in [1.54, 1.807) is 0 Å². The van der Waals surface area contributed by atoms with Crippen molar-refractivity contribution in [1.29, 1.82) is 0 Å². The molecule has 1 N–H and O–H groups in total. The van der Waals surface area contributed by atoms with Gasteiger partial charge in [0.25, 0.3) is 5.91 Å². The van der Waals surface area contributed by atoms with Gasteiger partial charge in [0.1, 0.15) is 0 Å². The minimum atomic E-state index is -0.0643. The van der Waals surface area contributed by atoms with Gasteiger partial charge in [0.2, 0.25) is 0 Å². The third kappa shape index (κ3) is 3.83. The number of hydrogen-bond acceptors (Lipinski definition) is 1. The first-order valence-electron chi connectivity index (χ1n) is 8.66. The Morgan fingerprint density at radius 2 is 1.62 bits per heavy atom. The fourth-order valence-corrected chi connectivity index (χ4v) is 2.96. The van der Waals surface area contributed by atoms with E-state index in [9.17, 15) is 4.79 Å². The average molecular weight is 317 g/mol. The zero-order valence-electron chi connectivity index (χ0n) is 14.1. The fraction of sp³-hybridized carbons (Fsp3) is 0.227. The lowest BCUT2D eigenvalue weighted by molar-refractivity contribution is 0.102. The zero-order chi connectivity index (χ0) is 16.8. The Bertz CT molecular complexity index is 816. The summed E-state index contributed by atoms with van der Waals surface area (Å²) in [5, 5.41) is 5.07. The summed E-state index contributed by atoms with van der Waals surface area (Å²) in [7, 11) is 0. The van der Waals surface area contributed by atoms with E-state index in [4.69, 9.17) is 0 Å². The molecule has 0 unspecified atom stereocenters. The van der Waals surface area contributed by atoms with Crippen LogP contribution in [0.4, 0.5) is 5.69 Å². The number of nitrogens with one attached hydrogen (secondary N) is 1. The quantitative estimate of drug-likeness (QED) is 0.570. The Kier molecular flexibility index (Phi) is 5.27. The number of aryl methyl sites for hydroxylation is 1. The van der Waals surface area contributed by atoms with E-state index in [-0.39, 0.29) is 5.91 Å². The van der Waals surface area contributed by atoms with Crippen molar-refractivity contribution in [3.05, 3.63) is 77.9 Å². The number of carbonyl (C=O) groups is 1. The molecule has 1 amide bonds. The molecule has 0 aliphatic heterocycles. The maximum Gasteiger partial charge on any atom is 0.256 e. The summed E-state index contributed by atoms with van der Waals surface area (Å²) in [5.41, 5.74) is 2.87. The lowest BCUT2D eigenvalue weighted by atomic mass is 10.0. The monoisotopic (exact) mass is 317 g/mol. The third-order valence-electron chi connectivity index (χ3n) is 4.32. The van der Waals surface area contributed by atoms with Crippen molar-refractivity contribution in [1.82, 2.24) is 0 Å². The van der Waals surface area contributed by atoms with Gasteiger partial charge in [-0.15, -0.1) is 0 Å². The fourth-order valence-electron chi connectivity index (χ4n) is 2.96. The Balaban J connectivity index is 1.72. The van der Waals surface area contributed by atoms with Crippen molar-refractivity contribution in [2.24, 2.45) is 0 Å². The van der Waals surface area contributed by atoms with Gasteiger partial charge in [0, 0.05) is 11.3 Å². The summed E-state index contributed by atoms with van der Waals surface area (Å²) in [6.07, 6.45) is 4.82. The molecule has 0 saturated carbocycles. The minimum absolute atomic E-state index is 0.0643. The molecule has 0 saturated heterocycles. The SMILES string of the molecule is CCCCCc1ccc(NC(=O)c2cccc3ccccc23)cc1. The van der Waals surface area contributed by atoms with Gasteiger partial charge in [-0.25, -0.2) is 0 Å². The van der Waals surface area contributed by atoms with E-state index in [2.05, 4.69) is 24.4 Å². The second kappa shape index (κ2) is 7.78. The zero-order valence-corrected chi connectivity index (χ0v) is 14.1. The summed E-state index contributed by atoms with van der Waals surface area (Å²) >= 11 is 0. The van der Waals surface area contributed by atoms with Crippen molar-refractivity contribution < 1.29 is 4.79 Å². The molecule has 0 radical (unpaired) electrons. The highest BCUT2D eigenvalue weighted by atomic mass is 16.1. The topological polar surface area (TPSA) is 29.1 Å². The number of anilines is 1. The molecule has 3 rings (SSSR count). The van der Waals surface area contributed by atoms with Crippen LogP contribution in [0.25, 0.3) is 10.8 Å². The molecule has 2 heteroatoms. The number of fused-ring (bicyclic) bond motifs is 1. The van der Waals surface area contributed by atoms with Crippen LogP contribution in [0.5, 0.6) is 0 Å². The van der Waals surface area contributed by atoms with E-state index < -0.39 is 0 Å². The van der Waals surface area contributed by atoms with Gasteiger partial charge >= 0.3 is 0 Å². The molecular weight excluding hydrogens is 294 g/mol. The van der Waals surface area contributed by atoms with Gasteiger partial charge in [-0.3, -0.25) is 4.79 Å². The lowest BCUT2D eigenvalue weighted by Gasteiger charge is -2.09. The molecular formula is C22H23NO. The van der Waals surface area contributed by atoms with Gasteiger partial charge in [-0.2, -0.15) is 0 Å². The Labute approximate surface area is 143 Å². The standard InChI is InChI=1S/C22H23NO/c1-2-3-4-8-17-13-15-19(16-14-17)23-22(24)21-12-7-10-18-9-5-6-11-20(18)21/h5-7,9-16H,2-4,8H2,1H3,(H,23,24). The highest BCUT2D eigenvalue weighted by molar-refractivity contribution is 6.12. The smallest absolute Gasteiger partial charge is 0.256 e. The largest absolute Gasteiger partial charge is 0.322 e. The van der Waals surface area contributed by atoms with Gasteiger partial charge in [-0.05, 0) is 47.4 Å². The predicted molar refractivity (Wildman–Crippen MR) is 102 cm³/mol. The van der Waals surface area contributed by atoms with Crippen LogP contribution in [-0.4, -0.2) is 5.91 Å². The first-order valence-corrected chi connectivity index (χ1v) is 8.66. The Morgan fingerprint density at radius 3 is 2.42 bits per heavy atom. The van der Waals surface area contributed by atoms with Crippen molar-refractivity contribution in [2.75, 3.05) is 5.32 Å². The van der Waals surface area contributed by atoms with Gasteiger partial charge in [0.05, 0.1) is 0 Å². The normalized spacial score (nSPS) is 10.7. The van der Waals surface area contributed by atoms with E-state index in [0.29, 0.717) is 5.56 Å². The third-order valence-corrected chi connectivity index (χ3v) is 4.32. The van der Waals surface area contributed by atoms with Crippen LogP contribution in [0.3, 0.4) is 0 Å². The van der Waals surface area contributed by atoms with Gasteiger partial charge < -0.3 is 5.32 Å². The second-order valence-corrected chi connectivity index (χ2v) is 6.13. The molecule has 3 aromatic rings. The molecule has 0 heterocycles. The first kappa shape index (κ1) is 16.3. The highest BCUT2D eigenvalue weighted by Gasteiger charge is 2.09. The van der Waals surface area contributed by atoms with Crippen molar-refractivity contribution >= 4 is 22.4 Å². The second-order valence-electron chi connectivity index (χ2n) is 6.13. The molecule has 0 fully saturated rings. The van der Waals surface area contributed by atoms with Crippen LogP contribution < -0.4 is 5.32 Å². The Morgan fingerprint density at radius 1 is 0.875 bits per heavy atom. The van der Waals surface area contributed by atoms with Crippen LogP contribution in [-0.2, 0) is 6.42 Å². The Hall–Kier alpha value is -2.61. The van der Waals surface area contributed by atoms with Gasteiger partial charge in [-0.1, -0.05) is 68.3 Å². The summed E-state index contributed by atoms with van der Waals surface area (Å²) in [5.74, 6) is -0.0643. The summed E-state index contributed by atoms with van der Waals surface area (Å²) < 4.78 is 0. The van der Waals surface area contributed by atoms with E-state index in [0.717, 1.165) is 22.9 Å². The average Bonchev–Trinajstić information content (AvgIpc) is 2.63. The molecule has 24 heavy (non-hydrogen) atoms. The molecule has 0 spiro atoms. The predicted octanol–water partition coefficient (Wildman–Crippen LogP) is 5.82. The molecule has 0 aliphatic rings. The van der Waals surface area contributed by atoms with Crippen LogP contribution in [0.15, 0.2) is 66.7 Å². The molecule has 2 nitrogen and oxygen atoms in total. The van der Waals surface area contributed by atoms with E-state index in [1.807, 2.05) is 54.6 Å². The minimum Gasteiger partial charge on any atom is -0.322 e. The van der Waals surface area contributed by atoms with Gasteiger partial charge in [0.15, 0.2) is 0 Å². The summed E-state index contributed by atoms with van der Waals surface area (Å²) in [4.78, 5) is 12.6. The number of rotatable bonds is 6. The maximum absolute atomic E-state index is 12.6.